The zero-order valence-electron chi connectivity index (χ0n) is 10.3. The normalized spacial score (nSPS) is 10.5. The molecule has 19 heavy (non-hydrogen) atoms. The average molecular weight is 298 g/mol. The van der Waals surface area contributed by atoms with Crippen LogP contribution in [0.1, 0.15) is 16.8 Å². The minimum absolute atomic E-state index is 0.107. The van der Waals surface area contributed by atoms with E-state index in [1.807, 2.05) is 6.92 Å². The highest BCUT2D eigenvalue weighted by Crippen LogP contribution is 2.21. The third kappa shape index (κ3) is 3.72. The number of carbonyl (C=O) groups is 1. The van der Waals surface area contributed by atoms with E-state index in [1.165, 1.54) is 0 Å². The Morgan fingerprint density at radius 1 is 1.37 bits per heavy atom. The fourth-order valence-electron chi connectivity index (χ4n) is 1.66. The maximum Gasteiger partial charge on any atom is 0.224 e. The second-order valence-corrected chi connectivity index (χ2v) is 5.05. The third-order valence-corrected chi connectivity index (χ3v) is 3.37. The Balaban J connectivity index is 1.94. The van der Waals surface area contributed by atoms with Gasteiger partial charge in [0.25, 0.3) is 0 Å². The average Bonchev–Trinajstić information content (AvgIpc) is 2.77. The van der Waals surface area contributed by atoms with Gasteiger partial charge in [0.1, 0.15) is 0 Å². The number of hydrogen-bond acceptors (Lipinski definition) is 2. The fourth-order valence-corrected chi connectivity index (χ4v) is 2.04. The Morgan fingerprint density at radius 3 is 2.84 bits per heavy atom. The van der Waals surface area contributed by atoms with Crippen molar-refractivity contribution in [3.05, 3.63) is 51.3 Å². The van der Waals surface area contributed by atoms with Crippen LogP contribution >= 0.6 is 23.2 Å². The quantitative estimate of drug-likeness (QED) is 0.912. The van der Waals surface area contributed by atoms with E-state index in [9.17, 15) is 4.79 Å². The van der Waals surface area contributed by atoms with Crippen LogP contribution < -0.4 is 5.32 Å². The van der Waals surface area contributed by atoms with Crippen molar-refractivity contribution >= 4 is 29.1 Å². The maximum absolute atomic E-state index is 11.8. The molecule has 0 aliphatic carbocycles. The molecule has 1 aromatic carbocycles. The molecule has 0 saturated heterocycles. The standard InChI is InChI=1S/C13H13Cl2N3O/c1-8-10(7-17-18-8)6-16-13(19)5-9-4-11(14)2-3-12(9)15/h2-4,7H,5-6H2,1H3,(H,16,19)(H,17,18). The summed E-state index contributed by atoms with van der Waals surface area (Å²) in [6.07, 6.45) is 1.90. The molecule has 6 heteroatoms. The highest BCUT2D eigenvalue weighted by Gasteiger charge is 2.08. The predicted molar refractivity (Wildman–Crippen MR) is 75.3 cm³/mol. The summed E-state index contributed by atoms with van der Waals surface area (Å²) in [4.78, 5) is 11.8. The van der Waals surface area contributed by atoms with Gasteiger partial charge >= 0.3 is 0 Å². The SMILES string of the molecule is Cc1[nH]ncc1CNC(=O)Cc1cc(Cl)ccc1Cl. The molecule has 0 aliphatic heterocycles. The number of nitrogens with zero attached hydrogens (tertiary/aromatic N) is 1. The number of carbonyl (C=O) groups excluding carboxylic acids is 1. The molecule has 0 atom stereocenters. The summed E-state index contributed by atoms with van der Waals surface area (Å²) < 4.78 is 0. The van der Waals surface area contributed by atoms with Gasteiger partial charge in [-0.15, -0.1) is 0 Å². The van der Waals surface area contributed by atoms with E-state index in [0.29, 0.717) is 16.6 Å². The Morgan fingerprint density at radius 2 is 2.16 bits per heavy atom. The first kappa shape index (κ1) is 13.9. The first-order valence-electron chi connectivity index (χ1n) is 5.75. The Hall–Kier alpha value is -1.52. The van der Waals surface area contributed by atoms with Gasteiger partial charge in [0, 0.05) is 27.8 Å². The van der Waals surface area contributed by atoms with E-state index in [0.717, 1.165) is 16.8 Å². The van der Waals surface area contributed by atoms with Crippen molar-refractivity contribution in [1.82, 2.24) is 15.5 Å². The van der Waals surface area contributed by atoms with Crippen molar-refractivity contribution in [2.75, 3.05) is 0 Å². The summed E-state index contributed by atoms with van der Waals surface area (Å²) in [6, 6.07) is 5.08. The summed E-state index contributed by atoms with van der Waals surface area (Å²) in [5.41, 5.74) is 2.63. The Labute approximate surface area is 121 Å². The van der Waals surface area contributed by atoms with Crippen molar-refractivity contribution in [2.24, 2.45) is 0 Å². The summed E-state index contributed by atoms with van der Waals surface area (Å²) in [7, 11) is 0. The van der Waals surface area contributed by atoms with Crippen LogP contribution in [0.5, 0.6) is 0 Å². The Kier molecular flexibility index (Phi) is 4.45. The molecule has 1 amide bonds. The van der Waals surface area contributed by atoms with Crippen LogP contribution in [0.3, 0.4) is 0 Å². The number of aromatic amines is 1. The van der Waals surface area contributed by atoms with Gasteiger partial charge in [-0.25, -0.2) is 0 Å². The number of aryl methyl sites for hydroxylation is 1. The topological polar surface area (TPSA) is 57.8 Å². The molecule has 0 unspecified atom stereocenters. The van der Waals surface area contributed by atoms with Crippen molar-refractivity contribution in [3.63, 3.8) is 0 Å². The zero-order chi connectivity index (χ0) is 13.8. The molecule has 2 rings (SSSR count). The molecule has 100 valence electrons. The van der Waals surface area contributed by atoms with Crippen LogP contribution in [0.2, 0.25) is 10.0 Å². The van der Waals surface area contributed by atoms with Crippen LogP contribution in [-0.2, 0) is 17.8 Å². The number of benzene rings is 1. The van der Waals surface area contributed by atoms with Gasteiger partial charge < -0.3 is 5.32 Å². The number of H-pyrrole nitrogens is 1. The van der Waals surface area contributed by atoms with Gasteiger partial charge in [-0.05, 0) is 30.7 Å². The van der Waals surface area contributed by atoms with E-state index in [2.05, 4.69) is 15.5 Å². The van der Waals surface area contributed by atoms with Crippen LogP contribution in [0.15, 0.2) is 24.4 Å². The number of hydrogen-bond donors (Lipinski definition) is 2. The molecule has 0 fully saturated rings. The molecule has 0 radical (unpaired) electrons. The van der Waals surface area contributed by atoms with Gasteiger partial charge in [0.2, 0.25) is 5.91 Å². The van der Waals surface area contributed by atoms with Crippen LogP contribution in [0.25, 0.3) is 0 Å². The molecular weight excluding hydrogens is 285 g/mol. The fraction of sp³-hybridized carbons (Fsp3) is 0.231. The van der Waals surface area contributed by atoms with E-state index in [4.69, 9.17) is 23.2 Å². The minimum atomic E-state index is -0.107. The molecule has 4 nitrogen and oxygen atoms in total. The molecule has 0 bridgehead atoms. The second-order valence-electron chi connectivity index (χ2n) is 4.21. The molecule has 0 saturated carbocycles. The van der Waals surface area contributed by atoms with Gasteiger partial charge in [-0.3, -0.25) is 9.89 Å². The minimum Gasteiger partial charge on any atom is -0.352 e. The molecule has 0 spiro atoms. The number of halogens is 2. The third-order valence-electron chi connectivity index (χ3n) is 2.77. The van der Waals surface area contributed by atoms with Gasteiger partial charge in [0.15, 0.2) is 0 Å². The van der Waals surface area contributed by atoms with Crippen molar-refractivity contribution in [2.45, 2.75) is 19.9 Å². The van der Waals surface area contributed by atoms with Crippen molar-refractivity contribution in [3.8, 4) is 0 Å². The lowest BCUT2D eigenvalue weighted by Gasteiger charge is -2.06. The number of amides is 1. The van der Waals surface area contributed by atoms with E-state index in [1.54, 1.807) is 24.4 Å². The lowest BCUT2D eigenvalue weighted by molar-refractivity contribution is -0.120. The van der Waals surface area contributed by atoms with Crippen LogP contribution in [0, 0.1) is 6.92 Å². The molecule has 0 aliphatic rings. The van der Waals surface area contributed by atoms with Gasteiger partial charge in [0.05, 0.1) is 12.6 Å². The zero-order valence-corrected chi connectivity index (χ0v) is 11.8. The molecule has 1 heterocycles. The predicted octanol–water partition coefficient (Wildman–Crippen LogP) is 2.88. The molecule has 2 aromatic rings. The number of rotatable bonds is 4. The first-order valence-corrected chi connectivity index (χ1v) is 6.51. The Bertz CT molecular complexity index is 595. The lowest BCUT2D eigenvalue weighted by atomic mass is 10.1. The number of aromatic nitrogens is 2. The van der Waals surface area contributed by atoms with Crippen molar-refractivity contribution < 1.29 is 4.79 Å². The summed E-state index contributed by atoms with van der Waals surface area (Å²) >= 11 is 11.9. The number of nitrogens with one attached hydrogen (secondary N) is 2. The lowest BCUT2D eigenvalue weighted by Crippen LogP contribution is -2.24. The summed E-state index contributed by atoms with van der Waals surface area (Å²) in [6.45, 7) is 2.35. The molecule has 2 N–H and O–H groups in total. The highest BCUT2D eigenvalue weighted by molar-refractivity contribution is 6.33. The first-order chi connectivity index (χ1) is 9.06. The van der Waals surface area contributed by atoms with Crippen molar-refractivity contribution in [1.29, 1.82) is 0 Å². The van der Waals surface area contributed by atoms with E-state index in [-0.39, 0.29) is 12.3 Å². The monoisotopic (exact) mass is 297 g/mol. The highest BCUT2D eigenvalue weighted by atomic mass is 35.5. The maximum atomic E-state index is 11.8. The summed E-state index contributed by atoms with van der Waals surface area (Å²) in [5.74, 6) is -0.107. The van der Waals surface area contributed by atoms with Crippen LogP contribution in [-0.4, -0.2) is 16.1 Å². The largest absolute Gasteiger partial charge is 0.352 e. The smallest absolute Gasteiger partial charge is 0.224 e. The van der Waals surface area contributed by atoms with Gasteiger partial charge in [-0.1, -0.05) is 23.2 Å². The second kappa shape index (κ2) is 6.08. The summed E-state index contributed by atoms with van der Waals surface area (Å²) in [5, 5.41) is 10.6. The van der Waals surface area contributed by atoms with Gasteiger partial charge in [-0.2, -0.15) is 5.10 Å². The van der Waals surface area contributed by atoms with Crippen LogP contribution in [0.4, 0.5) is 0 Å². The van der Waals surface area contributed by atoms with E-state index >= 15 is 0 Å². The van der Waals surface area contributed by atoms with E-state index < -0.39 is 0 Å². The molecular formula is C13H13Cl2N3O. The molecule has 1 aromatic heterocycles.